The lowest BCUT2D eigenvalue weighted by Gasteiger charge is -2.70. The number of hydrogen-bond donors (Lipinski definition) is 2. The van der Waals surface area contributed by atoms with Crippen molar-refractivity contribution < 1.29 is 0 Å². The van der Waals surface area contributed by atoms with Crippen LogP contribution in [0.4, 0.5) is 5.69 Å². The molecule has 4 fully saturated rings. The highest BCUT2D eigenvalue weighted by Crippen LogP contribution is 2.64. The van der Waals surface area contributed by atoms with Crippen molar-refractivity contribution in [3.8, 4) is 0 Å². The molecule has 0 amide bonds. The van der Waals surface area contributed by atoms with Crippen molar-refractivity contribution in [1.82, 2.24) is 15.2 Å². The third-order valence-electron chi connectivity index (χ3n) is 9.80. The van der Waals surface area contributed by atoms with Gasteiger partial charge in [-0.25, -0.2) is 0 Å². The van der Waals surface area contributed by atoms with Gasteiger partial charge in [-0.15, -0.1) is 0 Å². The summed E-state index contributed by atoms with van der Waals surface area (Å²) in [7, 11) is 0. The van der Waals surface area contributed by atoms with Crippen LogP contribution >= 0.6 is 0 Å². The fourth-order valence-electron chi connectivity index (χ4n) is 7.89. The van der Waals surface area contributed by atoms with Crippen molar-refractivity contribution in [2.45, 2.75) is 70.0 Å². The fraction of sp³-hybridized carbons (Fsp3) is 0.548. The molecule has 1 aromatic heterocycles. The van der Waals surface area contributed by atoms with Gasteiger partial charge in [-0.3, -0.25) is 4.90 Å². The van der Waals surface area contributed by atoms with Gasteiger partial charge >= 0.3 is 0 Å². The minimum atomic E-state index is 0.335. The summed E-state index contributed by atoms with van der Waals surface area (Å²) in [6.45, 7) is 9.30. The lowest BCUT2D eigenvalue weighted by atomic mass is 9.48. The average molecular weight is 469 g/mol. The van der Waals surface area contributed by atoms with E-state index in [1.54, 1.807) is 5.56 Å². The molecule has 4 nitrogen and oxygen atoms in total. The van der Waals surface area contributed by atoms with E-state index in [4.69, 9.17) is 0 Å². The van der Waals surface area contributed by atoms with Crippen LogP contribution in [0.5, 0.6) is 0 Å². The van der Waals surface area contributed by atoms with Gasteiger partial charge in [0, 0.05) is 47.0 Å². The monoisotopic (exact) mass is 468 g/mol. The maximum Gasteiger partial charge on any atom is 0.0764 e. The molecule has 0 radical (unpaired) electrons. The summed E-state index contributed by atoms with van der Waals surface area (Å²) < 4.78 is 0. The Morgan fingerprint density at radius 1 is 1.00 bits per heavy atom. The second-order valence-electron chi connectivity index (χ2n) is 12.0. The lowest BCUT2D eigenvalue weighted by Crippen LogP contribution is -2.71. The number of aromatic amines is 1. The van der Waals surface area contributed by atoms with E-state index in [1.807, 2.05) is 0 Å². The predicted molar refractivity (Wildman–Crippen MR) is 145 cm³/mol. The number of rotatable bonds is 6. The maximum atomic E-state index is 3.89. The van der Waals surface area contributed by atoms with Crippen LogP contribution in [0, 0.1) is 11.8 Å². The quantitative estimate of drug-likeness (QED) is 0.474. The van der Waals surface area contributed by atoms with E-state index >= 15 is 0 Å². The highest BCUT2D eigenvalue weighted by atomic mass is 15.3. The number of anilines is 1. The zero-order chi connectivity index (χ0) is 23.6. The van der Waals surface area contributed by atoms with Gasteiger partial charge in [0.05, 0.1) is 6.04 Å². The zero-order valence-electron chi connectivity index (χ0n) is 21.4. The first-order valence-corrected chi connectivity index (χ1v) is 14.1. The molecule has 184 valence electrons. The molecule has 2 aliphatic heterocycles. The summed E-state index contributed by atoms with van der Waals surface area (Å²) >= 11 is 0. The Morgan fingerprint density at radius 2 is 1.74 bits per heavy atom. The summed E-state index contributed by atoms with van der Waals surface area (Å²) in [4.78, 5) is 9.42. The van der Waals surface area contributed by atoms with Crippen LogP contribution in [0.3, 0.4) is 0 Å². The van der Waals surface area contributed by atoms with Crippen LogP contribution < -0.4 is 10.2 Å². The van der Waals surface area contributed by atoms with Gasteiger partial charge in [0.25, 0.3) is 0 Å². The number of fused-ring (bicyclic) bond motifs is 3. The molecule has 8 rings (SSSR count). The molecule has 2 atom stereocenters. The lowest BCUT2D eigenvalue weighted by molar-refractivity contribution is -0.174. The Hall–Kier alpha value is -2.30. The normalized spacial score (nSPS) is 30.7. The van der Waals surface area contributed by atoms with Gasteiger partial charge in [-0.05, 0) is 99.7 Å². The SMILES string of the molecule is CCNCC1CCN(c2ccc([C@@H]3c4[nH]c5ccccc5c4C[C@@H](C)N3C34CC(C3)C4)cc2)CC1. The Bertz CT molecular complexity index is 1190. The van der Waals surface area contributed by atoms with E-state index in [0.29, 0.717) is 17.6 Å². The number of nitrogens with zero attached hydrogens (tertiary/aromatic N) is 2. The molecule has 0 unspecified atom stereocenters. The summed E-state index contributed by atoms with van der Waals surface area (Å²) in [6.07, 6.45) is 7.97. The third-order valence-corrected chi connectivity index (χ3v) is 9.80. The first-order valence-electron chi connectivity index (χ1n) is 14.1. The number of benzene rings is 2. The van der Waals surface area contributed by atoms with Crippen LogP contribution in [0.1, 0.15) is 68.8 Å². The second kappa shape index (κ2) is 8.38. The van der Waals surface area contributed by atoms with E-state index < -0.39 is 0 Å². The zero-order valence-corrected chi connectivity index (χ0v) is 21.4. The first kappa shape index (κ1) is 21.9. The molecule has 3 heterocycles. The van der Waals surface area contributed by atoms with Gasteiger partial charge in [0.1, 0.15) is 0 Å². The largest absolute Gasteiger partial charge is 0.372 e. The summed E-state index contributed by atoms with van der Waals surface area (Å²) in [6, 6.07) is 19.5. The molecule has 35 heavy (non-hydrogen) atoms. The van der Waals surface area contributed by atoms with Gasteiger partial charge in [0.2, 0.25) is 0 Å². The van der Waals surface area contributed by atoms with Crippen LogP contribution in [0.15, 0.2) is 48.5 Å². The topological polar surface area (TPSA) is 34.3 Å². The number of piperidine rings is 1. The van der Waals surface area contributed by atoms with Crippen molar-refractivity contribution in [1.29, 1.82) is 0 Å². The third kappa shape index (κ3) is 3.48. The number of nitrogens with one attached hydrogen (secondary N) is 2. The number of aromatic nitrogens is 1. The van der Waals surface area contributed by atoms with E-state index in [0.717, 1.165) is 24.8 Å². The molecule has 3 saturated carbocycles. The van der Waals surface area contributed by atoms with E-state index in [-0.39, 0.29) is 0 Å². The Kier molecular flexibility index (Phi) is 5.25. The molecule has 2 aromatic carbocycles. The molecule has 3 aliphatic carbocycles. The van der Waals surface area contributed by atoms with E-state index in [2.05, 4.69) is 82.5 Å². The van der Waals surface area contributed by atoms with Gasteiger partial charge in [0.15, 0.2) is 0 Å². The smallest absolute Gasteiger partial charge is 0.0764 e. The second-order valence-corrected chi connectivity index (χ2v) is 12.0. The molecule has 5 aliphatic rings. The van der Waals surface area contributed by atoms with E-state index in [9.17, 15) is 0 Å². The Balaban J connectivity index is 1.20. The average Bonchev–Trinajstić information content (AvgIpc) is 3.20. The number of hydrogen-bond acceptors (Lipinski definition) is 3. The molecule has 4 heteroatoms. The Morgan fingerprint density at radius 3 is 2.43 bits per heavy atom. The van der Waals surface area contributed by atoms with Crippen molar-refractivity contribution in [3.63, 3.8) is 0 Å². The van der Waals surface area contributed by atoms with Crippen molar-refractivity contribution >= 4 is 16.6 Å². The van der Waals surface area contributed by atoms with Crippen molar-refractivity contribution in [2.75, 3.05) is 31.1 Å². The van der Waals surface area contributed by atoms with Crippen molar-refractivity contribution in [2.24, 2.45) is 11.8 Å². The summed E-state index contributed by atoms with van der Waals surface area (Å²) in [5, 5.41) is 4.97. The van der Waals surface area contributed by atoms with Crippen LogP contribution in [0.25, 0.3) is 10.9 Å². The first-order chi connectivity index (χ1) is 17.1. The number of para-hydroxylation sites is 1. The van der Waals surface area contributed by atoms with Crippen LogP contribution in [-0.2, 0) is 6.42 Å². The summed E-state index contributed by atoms with van der Waals surface area (Å²) in [5.74, 6) is 1.82. The molecular weight excluding hydrogens is 428 g/mol. The molecule has 2 N–H and O–H groups in total. The summed E-state index contributed by atoms with van der Waals surface area (Å²) in [5.41, 5.74) is 7.59. The molecule has 2 bridgehead atoms. The molecule has 1 saturated heterocycles. The maximum absolute atomic E-state index is 3.89. The highest BCUT2D eigenvalue weighted by molar-refractivity contribution is 5.85. The van der Waals surface area contributed by atoms with Gasteiger partial charge in [-0.2, -0.15) is 0 Å². The van der Waals surface area contributed by atoms with Crippen LogP contribution in [-0.4, -0.2) is 47.6 Å². The predicted octanol–water partition coefficient (Wildman–Crippen LogP) is 5.88. The van der Waals surface area contributed by atoms with Crippen molar-refractivity contribution in [3.05, 3.63) is 65.4 Å². The highest BCUT2D eigenvalue weighted by Gasteiger charge is 2.63. The van der Waals surface area contributed by atoms with Crippen LogP contribution in [0.2, 0.25) is 0 Å². The number of H-pyrrole nitrogens is 1. The standard InChI is InChI=1S/C31H40N4/c1-3-32-20-22-12-14-34(15-13-22)25-10-8-24(9-11-25)30-29-27(26-6-4-5-7-28(26)33-29)16-21(2)35(30)31-17-23(18-31)19-31/h4-11,21-23,30,32-33H,3,12-20H2,1-2H3/t21-,23?,30-,31?/m1/s1. The van der Waals surface area contributed by atoms with Gasteiger partial charge in [-0.1, -0.05) is 37.3 Å². The molecule has 0 spiro atoms. The minimum Gasteiger partial charge on any atom is -0.372 e. The fourth-order valence-corrected chi connectivity index (χ4v) is 7.89. The van der Waals surface area contributed by atoms with E-state index in [1.165, 1.54) is 79.6 Å². The molecule has 3 aromatic rings. The minimum absolute atomic E-state index is 0.335. The van der Waals surface area contributed by atoms with Gasteiger partial charge < -0.3 is 15.2 Å². The molecular formula is C31H40N4. The Labute approximate surface area is 210 Å².